The number of hydrogen-bond acceptors (Lipinski definition) is 3. The van der Waals surface area contributed by atoms with Gasteiger partial charge in [0.25, 0.3) is 0 Å². The van der Waals surface area contributed by atoms with Gasteiger partial charge in [-0.1, -0.05) is 27.7 Å². The molecule has 0 unspecified atom stereocenters. The zero-order chi connectivity index (χ0) is 16.0. The Hall–Kier alpha value is -2.04. The first-order valence-electron chi connectivity index (χ1n) is 6.85. The zero-order valence-electron chi connectivity index (χ0n) is 13.0. The van der Waals surface area contributed by atoms with Crippen LogP contribution in [0.5, 0.6) is 5.75 Å². The maximum atomic E-state index is 12.4. The normalized spacial score (nSPS) is 18.9. The van der Waals surface area contributed by atoms with E-state index in [0.29, 0.717) is 11.4 Å². The molecule has 0 atom stereocenters. The van der Waals surface area contributed by atoms with E-state index in [0.717, 1.165) is 0 Å². The molecule has 1 saturated carbocycles. The molecule has 1 aromatic carbocycles. The lowest BCUT2D eigenvalue weighted by Gasteiger charge is -2.11. The lowest BCUT2D eigenvalue weighted by molar-refractivity contribution is -0.118. The van der Waals surface area contributed by atoms with Crippen LogP contribution in [0.4, 0.5) is 5.69 Å². The third-order valence-corrected chi connectivity index (χ3v) is 5.00. The zero-order valence-corrected chi connectivity index (χ0v) is 13.0. The highest BCUT2D eigenvalue weighted by Gasteiger charge is 2.68. The first-order chi connectivity index (χ1) is 9.62. The predicted molar refractivity (Wildman–Crippen MR) is 79.6 cm³/mol. The Labute approximate surface area is 124 Å². The standard InChI is InChI=1S/C16H21NO4/c1-15(2)12(16(15,3)4)13(18)17-11-7-6-9(21-5)8-10(11)14(19)20/h6-8,12H,1-5H3,(H,17,18)(H,19,20). The molecule has 0 bridgehead atoms. The van der Waals surface area contributed by atoms with E-state index in [1.54, 1.807) is 12.1 Å². The summed E-state index contributed by atoms with van der Waals surface area (Å²) in [5.41, 5.74) is 0.144. The number of rotatable bonds is 4. The molecule has 0 radical (unpaired) electrons. The number of nitrogens with one attached hydrogen (secondary N) is 1. The summed E-state index contributed by atoms with van der Waals surface area (Å²) in [6, 6.07) is 4.59. The maximum absolute atomic E-state index is 12.4. The van der Waals surface area contributed by atoms with Crippen molar-refractivity contribution in [3.05, 3.63) is 23.8 Å². The Bertz CT molecular complexity index is 590. The van der Waals surface area contributed by atoms with Crippen LogP contribution in [0.3, 0.4) is 0 Å². The number of benzene rings is 1. The van der Waals surface area contributed by atoms with Crippen LogP contribution >= 0.6 is 0 Å². The quantitative estimate of drug-likeness (QED) is 0.894. The van der Waals surface area contributed by atoms with Gasteiger partial charge in [0.2, 0.25) is 5.91 Å². The molecule has 5 heteroatoms. The van der Waals surface area contributed by atoms with Gasteiger partial charge in [-0.15, -0.1) is 0 Å². The second-order valence-electron chi connectivity index (χ2n) is 6.58. The lowest BCUT2D eigenvalue weighted by Crippen LogP contribution is -2.19. The van der Waals surface area contributed by atoms with Crippen molar-refractivity contribution in [1.82, 2.24) is 0 Å². The van der Waals surface area contributed by atoms with E-state index in [1.807, 2.05) is 27.7 Å². The number of methoxy groups -OCH3 is 1. The van der Waals surface area contributed by atoms with Crippen molar-refractivity contribution < 1.29 is 19.4 Å². The predicted octanol–water partition coefficient (Wildman–Crippen LogP) is 3.01. The fraction of sp³-hybridized carbons (Fsp3) is 0.500. The molecule has 0 spiro atoms. The van der Waals surface area contributed by atoms with Crippen molar-refractivity contribution >= 4 is 17.6 Å². The number of aromatic carboxylic acids is 1. The SMILES string of the molecule is COc1ccc(NC(=O)C2C(C)(C)C2(C)C)c(C(=O)O)c1. The van der Waals surface area contributed by atoms with Crippen molar-refractivity contribution in [2.24, 2.45) is 16.7 Å². The Morgan fingerprint density at radius 1 is 1.19 bits per heavy atom. The molecule has 0 aliphatic heterocycles. The highest BCUT2D eigenvalue weighted by atomic mass is 16.5. The van der Waals surface area contributed by atoms with Gasteiger partial charge in [-0.3, -0.25) is 4.79 Å². The van der Waals surface area contributed by atoms with Crippen molar-refractivity contribution in [2.45, 2.75) is 27.7 Å². The van der Waals surface area contributed by atoms with E-state index in [4.69, 9.17) is 4.74 Å². The third kappa shape index (κ3) is 2.37. The molecule has 0 heterocycles. The van der Waals surface area contributed by atoms with Crippen LogP contribution in [0.25, 0.3) is 0 Å². The summed E-state index contributed by atoms with van der Waals surface area (Å²) in [4.78, 5) is 23.7. The molecule has 1 fully saturated rings. The van der Waals surface area contributed by atoms with Crippen LogP contribution in [-0.4, -0.2) is 24.1 Å². The van der Waals surface area contributed by atoms with E-state index in [2.05, 4.69) is 5.32 Å². The Morgan fingerprint density at radius 3 is 2.19 bits per heavy atom. The van der Waals surface area contributed by atoms with Gasteiger partial charge in [0.1, 0.15) is 5.75 Å². The van der Waals surface area contributed by atoms with Gasteiger partial charge in [0.05, 0.1) is 18.4 Å². The number of carbonyl (C=O) groups excluding carboxylic acids is 1. The maximum Gasteiger partial charge on any atom is 0.337 e. The highest BCUT2D eigenvalue weighted by molar-refractivity contribution is 6.02. The van der Waals surface area contributed by atoms with Gasteiger partial charge in [-0.25, -0.2) is 4.79 Å². The summed E-state index contributed by atoms with van der Waals surface area (Å²) in [6.07, 6.45) is 0. The number of carbonyl (C=O) groups is 2. The topological polar surface area (TPSA) is 75.6 Å². The van der Waals surface area contributed by atoms with E-state index in [1.165, 1.54) is 13.2 Å². The number of carboxylic acid groups (broad SMARTS) is 1. The average molecular weight is 291 g/mol. The van der Waals surface area contributed by atoms with Crippen molar-refractivity contribution in [3.63, 3.8) is 0 Å². The first-order valence-corrected chi connectivity index (χ1v) is 6.85. The molecule has 0 aromatic heterocycles. The fourth-order valence-electron chi connectivity index (χ4n) is 2.99. The fourth-order valence-corrected chi connectivity index (χ4v) is 2.99. The van der Waals surface area contributed by atoms with Gasteiger partial charge in [0, 0.05) is 5.92 Å². The van der Waals surface area contributed by atoms with Gasteiger partial charge in [-0.2, -0.15) is 0 Å². The number of carboxylic acids is 1. The molecular weight excluding hydrogens is 270 g/mol. The third-order valence-electron chi connectivity index (χ3n) is 5.00. The van der Waals surface area contributed by atoms with E-state index >= 15 is 0 Å². The average Bonchev–Trinajstić information content (AvgIpc) is 2.79. The van der Waals surface area contributed by atoms with E-state index < -0.39 is 5.97 Å². The van der Waals surface area contributed by atoms with Crippen molar-refractivity contribution in [3.8, 4) is 5.75 Å². The highest BCUT2D eigenvalue weighted by Crippen LogP contribution is 2.68. The van der Waals surface area contributed by atoms with Crippen molar-refractivity contribution in [2.75, 3.05) is 12.4 Å². The summed E-state index contributed by atoms with van der Waals surface area (Å²) in [6.45, 7) is 8.18. The smallest absolute Gasteiger partial charge is 0.337 e. The number of amides is 1. The van der Waals surface area contributed by atoms with Gasteiger partial charge in [0.15, 0.2) is 0 Å². The van der Waals surface area contributed by atoms with Gasteiger partial charge < -0.3 is 15.2 Å². The van der Waals surface area contributed by atoms with Crippen molar-refractivity contribution in [1.29, 1.82) is 0 Å². The molecule has 1 aliphatic rings. The molecule has 21 heavy (non-hydrogen) atoms. The lowest BCUT2D eigenvalue weighted by atomic mass is 10.0. The minimum atomic E-state index is -1.10. The number of hydrogen-bond donors (Lipinski definition) is 2. The molecule has 2 rings (SSSR count). The van der Waals surface area contributed by atoms with Crippen LogP contribution in [0, 0.1) is 16.7 Å². The first kappa shape index (κ1) is 15.4. The molecule has 5 nitrogen and oxygen atoms in total. The Kier molecular flexibility index (Phi) is 3.48. The largest absolute Gasteiger partial charge is 0.497 e. The molecule has 114 valence electrons. The summed E-state index contributed by atoms with van der Waals surface area (Å²) < 4.78 is 5.01. The monoisotopic (exact) mass is 291 g/mol. The second kappa shape index (κ2) is 4.76. The molecule has 0 saturated heterocycles. The Morgan fingerprint density at radius 2 is 1.76 bits per heavy atom. The Balaban J connectivity index is 2.25. The van der Waals surface area contributed by atoms with E-state index in [9.17, 15) is 14.7 Å². The summed E-state index contributed by atoms with van der Waals surface area (Å²) >= 11 is 0. The summed E-state index contributed by atoms with van der Waals surface area (Å²) in [5, 5.41) is 12.0. The number of ether oxygens (including phenoxy) is 1. The summed E-state index contributed by atoms with van der Waals surface area (Å²) in [7, 11) is 1.47. The van der Waals surface area contributed by atoms with Crippen LogP contribution < -0.4 is 10.1 Å². The number of anilines is 1. The van der Waals surface area contributed by atoms with E-state index in [-0.39, 0.29) is 28.2 Å². The minimum absolute atomic E-state index is 0.0268. The van der Waals surface area contributed by atoms with Gasteiger partial charge in [-0.05, 0) is 29.0 Å². The van der Waals surface area contributed by atoms with Crippen LogP contribution in [0.2, 0.25) is 0 Å². The van der Waals surface area contributed by atoms with Crippen LogP contribution in [0.1, 0.15) is 38.1 Å². The van der Waals surface area contributed by atoms with Crippen LogP contribution in [0.15, 0.2) is 18.2 Å². The molecule has 1 aliphatic carbocycles. The van der Waals surface area contributed by atoms with Crippen LogP contribution in [-0.2, 0) is 4.79 Å². The molecule has 1 amide bonds. The second-order valence-corrected chi connectivity index (χ2v) is 6.58. The summed E-state index contributed by atoms with van der Waals surface area (Å²) in [5.74, 6) is -0.928. The molecular formula is C16H21NO4. The molecule has 1 aromatic rings. The van der Waals surface area contributed by atoms with Gasteiger partial charge >= 0.3 is 5.97 Å². The molecule has 2 N–H and O–H groups in total. The minimum Gasteiger partial charge on any atom is -0.497 e.